The topological polar surface area (TPSA) is 66.3 Å². The zero-order chi connectivity index (χ0) is 20.4. The molecule has 3 rings (SSSR count). The van der Waals surface area contributed by atoms with Crippen molar-refractivity contribution in [2.24, 2.45) is 16.7 Å². The zero-order valence-corrected chi connectivity index (χ0v) is 18.1. The summed E-state index contributed by atoms with van der Waals surface area (Å²) < 4.78 is 0. The summed E-state index contributed by atoms with van der Waals surface area (Å²) in [4.78, 5) is 25.6. The van der Waals surface area contributed by atoms with E-state index in [1.54, 1.807) is 23.7 Å². The number of carboxylic acid groups (broad SMARTS) is 1. The van der Waals surface area contributed by atoms with Crippen LogP contribution in [0.15, 0.2) is 30.6 Å². The molecule has 28 heavy (non-hydrogen) atoms. The van der Waals surface area contributed by atoms with E-state index in [0.29, 0.717) is 12.5 Å². The van der Waals surface area contributed by atoms with Crippen molar-refractivity contribution >= 4 is 17.3 Å². The number of aromatic nitrogens is 2. The molecule has 1 fully saturated rings. The number of thiophene rings is 1. The van der Waals surface area contributed by atoms with Crippen LogP contribution in [0.5, 0.6) is 0 Å². The summed E-state index contributed by atoms with van der Waals surface area (Å²) in [5, 5.41) is 10.1. The molecule has 0 unspecified atom stereocenters. The van der Waals surface area contributed by atoms with Gasteiger partial charge in [-0.2, -0.15) is 0 Å². The van der Waals surface area contributed by atoms with Crippen LogP contribution in [0.3, 0.4) is 0 Å². The van der Waals surface area contributed by atoms with Crippen LogP contribution in [-0.4, -0.2) is 39.0 Å². The van der Waals surface area contributed by atoms with Crippen LogP contribution in [0.2, 0.25) is 0 Å². The molecule has 0 spiro atoms. The molecule has 1 N–H and O–H groups in total. The molecule has 6 heteroatoms. The maximum atomic E-state index is 12.3. The minimum absolute atomic E-state index is 0.0889. The van der Waals surface area contributed by atoms with Crippen LogP contribution in [0.25, 0.3) is 10.7 Å². The summed E-state index contributed by atoms with van der Waals surface area (Å²) in [5.74, 6) is 0.467. The average molecular weight is 402 g/mol. The van der Waals surface area contributed by atoms with Gasteiger partial charge in [0.05, 0.1) is 10.3 Å². The lowest BCUT2D eigenvalue weighted by atomic mass is 9.65. The number of carbonyl (C=O) groups is 1. The van der Waals surface area contributed by atoms with E-state index < -0.39 is 11.4 Å². The van der Waals surface area contributed by atoms with Gasteiger partial charge in [0.15, 0.2) is 5.82 Å². The SMILES string of the molecule is CCC[C@@]1(C(=O)O)C[C@@H](C(C)(C)C)CN(Cc2ccc(-c3ncccn3)s2)C1. The van der Waals surface area contributed by atoms with Crippen molar-refractivity contribution in [3.05, 3.63) is 35.5 Å². The Morgan fingerprint density at radius 2 is 2.04 bits per heavy atom. The third kappa shape index (κ3) is 4.61. The van der Waals surface area contributed by atoms with E-state index in [4.69, 9.17) is 0 Å². The molecule has 2 aromatic heterocycles. The lowest BCUT2D eigenvalue weighted by Crippen LogP contribution is -2.53. The summed E-state index contributed by atoms with van der Waals surface area (Å²) in [7, 11) is 0. The van der Waals surface area contributed by atoms with Crippen molar-refractivity contribution in [1.82, 2.24) is 14.9 Å². The first kappa shape index (κ1) is 20.9. The van der Waals surface area contributed by atoms with Crippen LogP contribution in [0.1, 0.15) is 51.8 Å². The van der Waals surface area contributed by atoms with E-state index in [0.717, 1.165) is 43.1 Å². The fourth-order valence-corrected chi connectivity index (χ4v) is 5.26. The maximum absolute atomic E-state index is 12.3. The number of rotatable bonds is 6. The Kier molecular flexibility index (Phi) is 6.20. The quantitative estimate of drug-likeness (QED) is 0.742. The standard InChI is InChI=1S/C22H31N3O2S/c1-5-9-22(20(26)27)12-16(21(2,3)4)13-25(15-22)14-17-7-8-18(28-17)19-23-10-6-11-24-19/h6-8,10-11,16H,5,9,12-15H2,1-4H3,(H,26,27)/t16-,22-/m1/s1. The molecule has 0 saturated carbocycles. The van der Waals surface area contributed by atoms with Crippen LogP contribution < -0.4 is 0 Å². The lowest BCUT2D eigenvalue weighted by molar-refractivity contribution is -0.156. The molecule has 0 aliphatic carbocycles. The van der Waals surface area contributed by atoms with Crippen molar-refractivity contribution in [3.8, 4) is 10.7 Å². The van der Waals surface area contributed by atoms with Gasteiger partial charge >= 0.3 is 5.97 Å². The first-order chi connectivity index (χ1) is 13.2. The summed E-state index contributed by atoms with van der Waals surface area (Å²) in [6.07, 6.45) is 5.91. The number of hydrogen-bond acceptors (Lipinski definition) is 5. The highest BCUT2D eigenvalue weighted by Gasteiger charge is 2.47. The Hall–Kier alpha value is -1.79. The van der Waals surface area contributed by atoms with Gasteiger partial charge in [0.25, 0.3) is 0 Å². The smallest absolute Gasteiger partial charge is 0.310 e. The highest BCUT2D eigenvalue weighted by molar-refractivity contribution is 7.15. The molecular weight excluding hydrogens is 370 g/mol. The second-order valence-corrected chi connectivity index (χ2v) is 10.3. The molecule has 0 radical (unpaired) electrons. The molecule has 1 aliphatic heterocycles. The Morgan fingerprint density at radius 1 is 1.32 bits per heavy atom. The highest BCUT2D eigenvalue weighted by atomic mass is 32.1. The summed E-state index contributed by atoms with van der Waals surface area (Å²) in [5.41, 5.74) is -0.556. The van der Waals surface area contributed by atoms with E-state index in [9.17, 15) is 9.90 Å². The summed E-state index contributed by atoms with van der Waals surface area (Å²) in [6.45, 7) is 11.1. The molecule has 2 atom stereocenters. The predicted molar refractivity (Wildman–Crippen MR) is 113 cm³/mol. The van der Waals surface area contributed by atoms with Crippen molar-refractivity contribution in [2.75, 3.05) is 13.1 Å². The van der Waals surface area contributed by atoms with Gasteiger partial charge in [-0.25, -0.2) is 9.97 Å². The maximum Gasteiger partial charge on any atom is 0.310 e. The second-order valence-electron chi connectivity index (χ2n) is 9.11. The van der Waals surface area contributed by atoms with Crippen molar-refractivity contribution in [3.63, 3.8) is 0 Å². The molecule has 3 heterocycles. The van der Waals surface area contributed by atoms with Crippen LogP contribution in [-0.2, 0) is 11.3 Å². The largest absolute Gasteiger partial charge is 0.481 e. The van der Waals surface area contributed by atoms with Crippen molar-refractivity contribution in [2.45, 2.75) is 53.5 Å². The second kappa shape index (κ2) is 8.29. The number of nitrogens with zero attached hydrogens (tertiary/aromatic N) is 3. The number of aliphatic carboxylic acids is 1. The zero-order valence-electron chi connectivity index (χ0n) is 17.3. The van der Waals surface area contributed by atoms with Gasteiger partial charge in [-0.1, -0.05) is 34.1 Å². The lowest BCUT2D eigenvalue weighted by Gasteiger charge is -2.48. The van der Waals surface area contributed by atoms with Crippen LogP contribution in [0.4, 0.5) is 0 Å². The van der Waals surface area contributed by atoms with Gasteiger partial charge in [-0.05, 0) is 42.4 Å². The molecule has 152 valence electrons. The minimum Gasteiger partial charge on any atom is -0.481 e. The minimum atomic E-state index is -0.645. The van der Waals surface area contributed by atoms with Gasteiger partial charge in [-0.3, -0.25) is 9.69 Å². The Balaban J connectivity index is 1.82. The molecule has 0 amide bonds. The van der Waals surface area contributed by atoms with Crippen molar-refractivity contribution < 1.29 is 9.90 Å². The average Bonchev–Trinajstić information content (AvgIpc) is 3.10. The van der Waals surface area contributed by atoms with E-state index in [1.165, 1.54) is 4.88 Å². The fourth-order valence-electron chi connectivity index (χ4n) is 4.26. The molecule has 1 aliphatic rings. The molecule has 5 nitrogen and oxygen atoms in total. The Labute approximate surface area is 171 Å². The molecule has 2 aromatic rings. The summed E-state index contributed by atoms with van der Waals surface area (Å²) >= 11 is 1.70. The molecule has 0 bridgehead atoms. The van der Waals surface area contributed by atoms with Gasteiger partial charge in [0, 0.05) is 36.9 Å². The van der Waals surface area contributed by atoms with E-state index in [2.05, 4.69) is 54.7 Å². The number of carboxylic acids is 1. The number of likely N-dealkylation sites (tertiary alicyclic amines) is 1. The molecule has 1 saturated heterocycles. The fraction of sp³-hybridized carbons (Fsp3) is 0.591. The molecular formula is C22H31N3O2S. The highest BCUT2D eigenvalue weighted by Crippen LogP contribution is 2.44. The summed E-state index contributed by atoms with van der Waals surface area (Å²) in [6, 6.07) is 6.01. The third-order valence-electron chi connectivity index (χ3n) is 5.88. The normalized spacial score (nSPS) is 23.6. The van der Waals surface area contributed by atoms with Gasteiger partial charge in [0.2, 0.25) is 0 Å². The Bertz CT molecular complexity index is 800. The van der Waals surface area contributed by atoms with Crippen LogP contribution in [0, 0.1) is 16.7 Å². The van der Waals surface area contributed by atoms with Gasteiger partial charge in [-0.15, -0.1) is 11.3 Å². The third-order valence-corrected chi connectivity index (χ3v) is 6.94. The van der Waals surface area contributed by atoms with Gasteiger partial charge < -0.3 is 5.11 Å². The predicted octanol–water partition coefficient (Wildman–Crippen LogP) is 4.94. The Morgan fingerprint density at radius 3 is 2.64 bits per heavy atom. The van der Waals surface area contributed by atoms with Crippen LogP contribution >= 0.6 is 11.3 Å². The van der Waals surface area contributed by atoms with E-state index in [-0.39, 0.29) is 5.41 Å². The number of piperidine rings is 1. The first-order valence-corrected chi connectivity index (χ1v) is 10.9. The molecule has 0 aromatic carbocycles. The van der Waals surface area contributed by atoms with Crippen molar-refractivity contribution in [1.29, 1.82) is 0 Å². The first-order valence-electron chi connectivity index (χ1n) is 10.1. The van der Waals surface area contributed by atoms with Gasteiger partial charge in [0.1, 0.15) is 0 Å². The number of hydrogen-bond donors (Lipinski definition) is 1. The van der Waals surface area contributed by atoms with E-state index in [1.807, 2.05) is 6.07 Å². The monoisotopic (exact) mass is 401 g/mol. The van der Waals surface area contributed by atoms with E-state index >= 15 is 0 Å².